The molecule has 0 fully saturated rings. The van der Waals surface area contributed by atoms with Crippen LogP contribution in [-0.4, -0.2) is 33.9 Å². The molecule has 108 valence electrons. The van der Waals surface area contributed by atoms with Crippen LogP contribution in [0.25, 0.3) is 0 Å². The molecular weight excluding hydrogens is 279 g/mol. The molecule has 0 unspecified atom stereocenters. The molecule has 0 aromatic heterocycles. The highest BCUT2D eigenvalue weighted by Gasteiger charge is 1.98. The lowest BCUT2D eigenvalue weighted by Crippen LogP contribution is -1.89. The van der Waals surface area contributed by atoms with E-state index in [0.717, 1.165) is 25.7 Å². The molecule has 0 aromatic carbocycles. The number of aliphatic hydroxyl groups is 2. The molecule has 0 aliphatic rings. The largest absolute Gasteiger partial charge is 0.396 e. The van der Waals surface area contributed by atoms with E-state index in [9.17, 15) is 9.59 Å². The van der Waals surface area contributed by atoms with E-state index in [4.69, 9.17) is 33.4 Å². The first-order valence-corrected chi connectivity index (χ1v) is 6.88. The van der Waals surface area contributed by atoms with Crippen molar-refractivity contribution < 1.29 is 19.8 Å². The number of rotatable bonds is 10. The number of carbonyl (C=O) groups excluding carboxylic acids is 2. The van der Waals surface area contributed by atoms with Crippen LogP contribution < -0.4 is 0 Å². The lowest BCUT2D eigenvalue weighted by Gasteiger charge is -1.93. The summed E-state index contributed by atoms with van der Waals surface area (Å²) in [5.74, 6) is 0. The van der Waals surface area contributed by atoms with Crippen molar-refractivity contribution in [1.29, 1.82) is 0 Å². The Bertz CT molecular complexity index is 188. The number of carbonyl (C=O) groups is 2. The molecule has 0 atom stereocenters. The van der Waals surface area contributed by atoms with E-state index in [2.05, 4.69) is 0 Å². The van der Waals surface area contributed by atoms with Gasteiger partial charge in [0.2, 0.25) is 10.5 Å². The van der Waals surface area contributed by atoms with Gasteiger partial charge < -0.3 is 10.2 Å². The molecule has 6 heteroatoms. The summed E-state index contributed by atoms with van der Waals surface area (Å²) in [6, 6.07) is 0. The molecule has 0 radical (unpaired) electrons. The highest BCUT2D eigenvalue weighted by atomic mass is 35.5. The predicted octanol–water partition coefficient (Wildman–Crippen LogP) is 2.61. The Balaban J connectivity index is 0. The lowest BCUT2D eigenvalue weighted by molar-refractivity contribution is -0.113. The quantitative estimate of drug-likeness (QED) is 0.480. The molecule has 0 rings (SSSR count). The Morgan fingerprint density at radius 2 is 1.00 bits per heavy atom. The van der Waals surface area contributed by atoms with Crippen molar-refractivity contribution in [3.05, 3.63) is 0 Å². The van der Waals surface area contributed by atoms with Crippen LogP contribution in [0.15, 0.2) is 0 Å². The minimum atomic E-state index is -0.359. The van der Waals surface area contributed by atoms with E-state index >= 15 is 0 Å². The fourth-order valence-corrected chi connectivity index (χ4v) is 1.37. The second kappa shape index (κ2) is 16.8. The van der Waals surface area contributed by atoms with Crippen molar-refractivity contribution in [1.82, 2.24) is 0 Å². The Hall–Kier alpha value is -0.160. The van der Waals surface area contributed by atoms with Gasteiger partial charge in [-0.3, -0.25) is 9.59 Å². The van der Waals surface area contributed by atoms with E-state index in [1.165, 1.54) is 0 Å². The molecule has 18 heavy (non-hydrogen) atoms. The molecule has 0 heterocycles. The first-order chi connectivity index (χ1) is 8.54. The van der Waals surface area contributed by atoms with Gasteiger partial charge in [-0.05, 0) is 48.9 Å². The molecule has 0 saturated carbocycles. The Morgan fingerprint density at radius 3 is 1.22 bits per heavy atom. The summed E-state index contributed by atoms with van der Waals surface area (Å²) in [4.78, 5) is 20.3. The molecule has 0 amide bonds. The van der Waals surface area contributed by atoms with Crippen molar-refractivity contribution in [2.24, 2.45) is 0 Å². The first kappa shape index (κ1) is 20.2. The lowest BCUT2D eigenvalue weighted by atomic mass is 10.2. The number of unbranched alkanes of at least 4 members (excludes halogenated alkanes) is 4. The summed E-state index contributed by atoms with van der Waals surface area (Å²) < 4.78 is 0. The second-order valence-electron chi connectivity index (χ2n) is 3.78. The SMILES string of the molecule is O=C(Cl)CCCCC(=O)Cl.OCCCCCCO. The monoisotopic (exact) mass is 300 g/mol. The molecule has 0 aromatic rings. The molecule has 0 spiro atoms. The van der Waals surface area contributed by atoms with Gasteiger partial charge in [-0.15, -0.1) is 0 Å². The van der Waals surface area contributed by atoms with Crippen LogP contribution in [0.5, 0.6) is 0 Å². The summed E-state index contributed by atoms with van der Waals surface area (Å²) in [5.41, 5.74) is 0. The highest BCUT2D eigenvalue weighted by Crippen LogP contribution is 2.03. The molecule has 0 saturated heterocycles. The Morgan fingerprint density at radius 1 is 0.667 bits per heavy atom. The van der Waals surface area contributed by atoms with Gasteiger partial charge in [0.25, 0.3) is 0 Å². The van der Waals surface area contributed by atoms with Crippen LogP contribution in [0.2, 0.25) is 0 Å². The zero-order valence-corrected chi connectivity index (χ0v) is 12.0. The maximum atomic E-state index is 10.1. The van der Waals surface area contributed by atoms with Crippen LogP contribution in [-0.2, 0) is 9.59 Å². The van der Waals surface area contributed by atoms with Gasteiger partial charge in [0.05, 0.1) is 0 Å². The minimum Gasteiger partial charge on any atom is -0.396 e. The van der Waals surface area contributed by atoms with Gasteiger partial charge in [0.15, 0.2) is 0 Å². The van der Waals surface area contributed by atoms with Crippen LogP contribution in [0.1, 0.15) is 51.4 Å². The molecule has 0 aliphatic heterocycles. The van der Waals surface area contributed by atoms with Crippen molar-refractivity contribution in [3.63, 3.8) is 0 Å². The highest BCUT2D eigenvalue weighted by molar-refractivity contribution is 6.63. The summed E-state index contributed by atoms with van der Waals surface area (Å²) in [5, 5.41) is 15.9. The maximum absolute atomic E-state index is 10.1. The average molecular weight is 301 g/mol. The van der Waals surface area contributed by atoms with Gasteiger partial charge in [-0.1, -0.05) is 12.8 Å². The fourth-order valence-electron chi connectivity index (χ4n) is 1.11. The standard InChI is InChI=1S/C6H8Cl2O2.C6H14O2/c7-5(9)3-1-2-4-6(8)10;7-5-3-1-2-4-6-8/h1-4H2;7-8H,1-6H2. The van der Waals surface area contributed by atoms with Crippen LogP contribution >= 0.6 is 23.2 Å². The van der Waals surface area contributed by atoms with E-state index in [1.807, 2.05) is 0 Å². The van der Waals surface area contributed by atoms with Gasteiger partial charge >= 0.3 is 0 Å². The topological polar surface area (TPSA) is 74.6 Å². The normalized spacial score (nSPS) is 9.56. The summed E-state index contributed by atoms with van der Waals surface area (Å²) in [6.45, 7) is 0.566. The zero-order chi connectivity index (χ0) is 14.2. The minimum absolute atomic E-state index is 0.283. The van der Waals surface area contributed by atoms with Crippen LogP contribution in [0, 0.1) is 0 Å². The Labute approximate surface area is 118 Å². The van der Waals surface area contributed by atoms with E-state index in [1.54, 1.807) is 0 Å². The predicted molar refractivity (Wildman–Crippen MR) is 72.8 cm³/mol. The summed E-state index contributed by atoms with van der Waals surface area (Å²) in [6.07, 6.45) is 5.76. The number of hydrogen-bond acceptors (Lipinski definition) is 4. The molecule has 0 aliphatic carbocycles. The third kappa shape index (κ3) is 24.9. The van der Waals surface area contributed by atoms with E-state index in [-0.39, 0.29) is 23.7 Å². The summed E-state index contributed by atoms with van der Waals surface area (Å²) >= 11 is 10.1. The summed E-state index contributed by atoms with van der Waals surface area (Å²) in [7, 11) is 0. The molecular formula is C12H22Cl2O4. The third-order valence-corrected chi connectivity index (χ3v) is 2.44. The van der Waals surface area contributed by atoms with Crippen molar-refractivity contribution in [3.8, 4) is 0 Å². The van der Waals surface area contributed by atoms with E-state index in [0.29, 0.717) is 25.7 Å². The number of aliphatic hydroxyl groups excluding tert-OH is 2. The molecule has 2 N–H and O–H groups in total. The molecule has 4 nitrogen and oxygen atoms in total. The fraction of sp³-hybridized carbons (Fsp3) is 0.833. The maximum Gasteiger partial charge on any atom is 0.221 e. The average Bonchev–Trinajstić information content (AvgIpc) is 2.31. The van der Waals surface area contributed by atoms with Gasteiger partial charge in [0, 0.05) is 26.1 Å². The first-order valence-electron chi connectivity index (χ1n) is 6.13. The number of hydrogen-bond donors (Lipinski definition) is 2. The van der Waals surface area contributed by atoms with Crippen molar-refractivity contribution in [2.75, 3.05) is 13.2 Å². The Kier molecular flexibility index (Phi) is 18.9. The third-order valence-electron chi connectivity index (χ3n) is 2.06. The van der Waals surface area contributed by atoms with Crippen LogP contribution in [0.4, 0.5) is 0 Å². The van der Waals surface area contributed by atoms with Gasteiger partial charge in [-0.2, -0.15) is 0 Å². The van der Waals surface area contributed by atoms with Gasteiger partial charge in [-0.25, -0.2) is 0 Å². The van der Waals surface area contributed by atoms with Crippen molar-refractivity contribution in [2.45, 2.75) is 51.4 Å². The van der Waals surface area contributed by atoms with Crippen LogP contribution in [0.3, 0.4) is 0 Å². The smallest absolute Gasteiger partial charge is 0.221 e. The van der Waals surface area contributed by atoms with Gasteiger partial charge in [0.1, 0.15) is 0 Å². The van der Waals surface area contributed by atoms with E-state index < -0.39 is 0 Å². The second-order valence-corrected chi connectivity index (χ2v) is 4.62. The molecule has 0 bridgehead atoms. The zero-order valence-electron chi connectivity index (χ0n) is 10.5. The van der Waals surface area contributed by atoms with Crippen molar-refractivity contribution >= 4 is 33.7 Å². The number of halogens is 2.